The predicted octanol–water partition coefficient (Wildman–Crippen LogP) is 2.06. The Labute approximate surface area is 79.2 Å². The van der Waals surface area contributed by atoms with Gasteiger partial charge < -0.3 is 9.84 Å². The van der Waals surface area contributed by atoms with Gasteiger partial charge >= 0.3 is 0 Å². The second-order valence-corrected chi connectivity index (χ2v) is 3.38. The molecule has 0 fully saturated rings. The maximum Gasteiger partial charge on any atom is 0.125 e. The summed E-state index contributed by atoms with van der Waals surface area (Å²) in [6.07, 6.45) is -0.418. The number of hydrogen-bond donors (Lipinski definition) is 1. The molecular formula is C11H16O2. The molecule has 1 aromatic carbocycles. The maximum absolute atomic E-state index is 9.07. The lowest BCUT2D eigenvalue weighted by atomic mass is 10.1. The molecule has 0 radical (unpaired) electrons. The number of rotatable bonds is 3. The predicted molar refractivity (Wildman–Crippen MR) is 53.1 cm³/mol. The third-order valence-electron chi connectivity index (χ3n) is 1.88. The first kappa shape index (κ1) is 10.1. The molecule has 1 rings (SSSR count). The lowest BCUT2D eigenvalue weighted by Gasteiger charge is -2.12. The molecule has 0 saturated carbocycles. The van der Waals surface area contributed by atoms with Gasteiger partial charge in [0.1, 0.15) is 12.4 Å². The fourth-order valence-electron chi connectivity index (χ4n) is 1.23. The minimum atomic E-state index is -0.418. The van der Waals surface area contributed by atoms with Crippen molar-refractivity contribution < 1.29 is 9.84 Å². The zero-order valence-corrected chi connectivity index (χ0v) is 8.37. The molecule has 0 unspecified atom stereocenters. The van der Waals surface area contributed by atoms with E-state index in [9.17, 15) is 0 Å². The van der Waals surface area contributed by atoms with Crippen molar-refractivity contribution in [3.05, 3.63) is 29.3 Å². The van der Waals surface area contributed by atoms with E-state index in [-0.39, 0.29) is 0 Å². The Hall–Kier alpha value is -1.02. The Morgan fingerprint density at radius 2 is 1.85 bits per heavy atom. The molecule has 0 bridgehead atoms. The van der Waals surface area contributed by atoms with Crippen LogP contribution >= 0.6 is 0 Å². The van der Waals surface area contributed by atoms with Crippen LogP contribution in [0.5, 0.6) is 5.75 Å². The molecule has 2 heteroatoms. The Balaban J connectivity index is 2.75. The summed E-state index contributed by atoms with van der Waals surface area (Å²) in [5.74, 6) is 0.892. The van der Waals surface area contributed by atoms with Crippen molar-refractivity contribution in [3.63, 3.8) is 0 Å². The van der Waals surface area contributed by atoms with E-state index in [1.54, 1.807) is 6.92 Å². The normalized spacial score (nSPS) is 12.6. The number of aryl methyl sites for hydroxylation is 2. The number of benzene rings is 1. The monoisotopic (exact) mass is 180 g/mol. The average Bonchev–Trinajstić information content (AvgIpc) is 2.03. The summed E-state index contributed by atoms with van der Waals surface area (Å²) in [7, 11) is 0. The van der Waals surface area contributed by atoms with E-state index < -0.39 is 6.10 Å². The van der Waals surface area contributed by atoms with Gasteiger partial charge in [-0.2, -0.15) is 0 Å². The van der Waals surface area contributed by atoms with Gasteiger partial charge in [0.25, 0.3) is 0 Å². The van der Waals surface area contributed by atoms with E-state index in [0.717, 1.165) is 16.9 Å². The van der Waals surface area contributed by atoms with E-state index in [1.807, 2.05) is 32.0 Å². The number of aliphatic hydroxyl groups excluding tert-OH is 1. The summed E-state index contributed by atoms with van der Waals surface area (Å²) in [4.78, 5) is 0. The molecule has 0 aliphatic rings. The minimum absolute atomic E-state index is 0.353. The summed E-state index contributed by atoms with van der Waals surface area (Å²) in [6.45, 7) is 6.08. The largest absolute Gasteiger partial charge is 0.490 e. The quantitative estimate of drug-likeness (QED) is 0.771. The van der Waals surface area contributed by atoms with E-state index in [4.69, 9.17) is 9.84 Å². The average molecular weight is 180 g/mol. The summed E-state index contributed by atoms with van der Waals surface area (Å²) in [5, 5.41) is 9.07. The van der Waals surface area contributed by atoms with Crippen molar-refractivity contribution in [2.45, 2.75) is 26.9 Å². The fourth-order valence-corrected chi connectivity index (χ4v) is 1.23. The summed E-state index contributed by atoms with van der Waals surface area (Å²) >= 11 is 0. The highest BCUT2D eigenvalue weighted by Gasteiger charge is 2.04. The van der Waals surface area contributed by atoms with Crippen LogP contribution in [-0.2, 0) is 0 Å². The SMILES string of the molecule is Cc1cccc(C)c1OC[C@H](C)O. The molecule has 1 N–H and O–H groups in total. The van der Waals surface area contributed by atoms with Crippen LogP contribution in [0.4, 0.5) is 0 Å². The Kier molecular flexibility index (Phi) is 3.32. The van der Waals surface area contributed by atoms with Gasteiger partial charge in [-0.05, 0) is 31.9 Å². The smallest absolute Gasteiger partial charge is 0.125 e. The van der Waals surface area contributed by atoms with Crippen LogP contribution in [0.3, 0.4) is 0 Å². The number of ether oxygens (including phenoxy) is 1. The molecule has 0 aliphatic carbocycles. The number of aliphatic hydroxyl groups is 1. The molecule has 0 aliphatic heterocycles. The number of para-hydroxylation sites is 1. The van der Waals surface area contributed by atoms with E-state index >= 15 is 0 Å². The van der Waals surface area contributed by atoms with E-state index in [0.29, 0.717) is 6.61 Å². The molecule has 13 heavy (non-hydrogen) atoms. The van der Waals surface area contributed by atoms with Crippen molar-refractivity contribution in [1.29, 1.82) is 0 Å². The van der Waals surface area contributed by atoms with Gasteiger partial charge in [0, 0.05) is 0 Å². The number of hydrogen-bond acceptors (Lipinski definition) is 2. The van der Waals surface area contributed by atoms with Gasteiger partial charge in [0.15, 0.2) is 0 Å². The van der Waals surface area contributed by atoms with Crippen LogP contribution in [0.1, 0.15) is 18.1 Å². The molecule has 72 valence electrons. The molecule has 0 aromatic heterocycles. The summed E-state index contributed by atoms with van der Waals surface area (Å²) in [6, 6.07) is 6.01. The highest BCUT2D eigenvalue weighted by Crippen LogP contribution is 2.22. The first-order valence-electron chi connectivity index (χ1n) is 4.48. The molecule has 1 atom stereocenters. The third-order valence-corrected chi connectivity index (χ3v) is 1.88. The zero-order valence-electron chi connectivity index (χ0n) is 8.37. The van der Waals surface area contributed by atoms with E-state index in [1.165, 1.54) is 0 Å². The van der Waals surface area contributed by atoms with Gasteiger partial charge in [0.2, 0.25) is 0 Å². The van der Waals surface area contributed by atoms with Crippen LogP contribution in [0.15, 0.2) is 18.2 Å². The van der Waals surface area contributed by atoms with Crippen molar-refractivity contribution in [3.8, 4) is 5.75 Å². The van der Waals surface area contributed by atoms with Crippen LogP contribution in [0.2, 0.25) is 0 Å². The second-order valence-electron chi connectivity index (χ2n) is 3.38. The van der Waals surface area contributed by atoms with Crippen molar-refractivity contribution in [2.75, 3.05) is 6.61 Å². The molecular weight excluding hydrogens is 164 g/mol. The van der Waals surface area contributed by atoms with Gasteiger partial charge in [-0.3, -0.25) is 0 Å². The highest BCUT2D eigenvalue weighted by molar-refractivity contribution is 5.39. The van der Waals surface area contributed by atoms with Crippen LogP contribution in [-0.4, -0.2) is 17.8 Å². The van der Waals surface area contributed by atoms with Gasteiger partial charge in [0.05, 0.1) is 6.10 Å². The van der Waals surface area contributed by atoms with Crippen LogP contribution in [0, 0.1) is 13.8 Å². The van der Waals surface area contributed by atoms with Crippen molar-refractivity contribution in [2.24, 2.45) is 0 Å². The van der Waals surface area contributed by atoms with Crippen LogP contribution in [0.25, 0.3) is 0 Å². The lowest BCUT2D eigenvalue weighted by Crippen LogP contribution is -2.13. The molecule has 1 aromatic rings. The first-order valence-corrected chi connectivity index (χ1v) is 4.48. The molecule has 0 heterocycles. The standard InChI is InChI=1S/C11H16O2/c1-8-5-4-6-9(2)11(8)13-7-10(3)12/h4-6,10,12H,7H2,1-3H3/t10-/m0/s1. The molecule has 0 spiro atoms. The molecule has 0 amide bonds. The Morgan fingerprint density at radius 1 is 1.31 bits per heavy atom. The summed E-state index contributed by atoms with van der Waals surface area (Å²) in [5.41, 5.74) is 2.22. The molecule has 0 saturated heterocycles. The second kappa shape index (κ2) is 4.28. The van der Waals surface area contributed by atoms with Gasteiger partial charge in [-0.1, -0.05) is 18.2 Å². The highest BCUT2D eigenvalue weighted by atomic mass is 16.5. The summed E-state index contributed by atoms with van der Waals surface area (Å²) < 4.78 is 5.48. The third kappa shape index (κ3) is 2.74. The molecule has 2 nitrogen and oxygen atoms in total. The maximum atomic E-state index is 9.07. The van der Waals surface area contributed by atoms with E-state index in [2.05, 4.69) is 0 Å². The fraction of sp³-hybridized carbons (Fsp3) is 0.455. The Bertz CT molecular complexity index is 259. The van der Waals surface area contributed by atoms with Gasteiger partial charge in [-0.25, -0.2) is 0 Å². The first-order chi connectivity index (χ1) is 6.11. The van der Waals surface area contributed by atoms with Crippen LogP contribution < -0.4 is 4.74 Å². The van der Waals surface area contributed by atoms with Crippen molar-refractivity contribution in [1.82, 2.24) is 0 Å². The van der Waals surface area contributed by atoms with Gasteiger partial charge in [-0.15, -0.1) is 0 Å². The zero-order chi connectivity index (χ0) is 9.84. The minimum Gasteiger partial charge on any atom is -0.490 e. The van der Waals surface area contributed by atoms with Crippen molar-refractivity contribution >= 4 is 0 Å². The lowest BCUT2D eigenvalue weighted by molar-refractivity contribution is 0.122. The topological polar surface area (TPSA) is 29.5 Å². The Morgan fingerprint density at radius 3 is 2.31 bits per heavy atom.